The molecule has 5 rings (SSSR count). The zero-order valence-corrected chi connectivity index (χ0v) is 19.3. The maximum Gasteiger partial charge on any atom is 0.266 e. The first kappa shape index (κ1) is 21.0. The van der Waals surface area contributed by atoms with Gasteiger partial charge in [0.2, 0.25) is 5.91 Å². The smallest absolute Gasteiger partial charge is 0.266 e. The quantitative estimate of drug-likeness (QED) is 0.451. The molecule has 0 unspecified atom stereocenters. The fraction of sp³-hybridized carbons (Fsp3) is 0.167. The lowest BCUT2D eigenvalue weighted by atomic mass is 9.90. The van der Waals surface area contributed by atoms with Gasteiger partial charge in [0.15, 0.2) is 6.10 Å². The second kappa shape index (κ2) is 8.24. The van der Waals surface area contributed by atoms with Crippen LogP contribution in [-0.4, -0.2) is 25.0 Å². The van der Waals surface area contributed by atoms with E-state index < -0.39 is 24.0 Å². The molecule has 6 nitrogen and oxygen atoms in total. The number of anilines is 2. The zero-order valence-electron chi connectivity index (χ0n) is 16.9. The molecule has 0 radical (unpaired) electrons. The zero-order chi connectivity index (χ0) is 22.4. The third-order valence-electron chi connectivity index (χ3n) is 5.74. The molecule has 0 aliphatic carbocycles. The van der Waals surface area contributed by atoms with E-state index in [1.54, 1.807) is 36.4 Å². The van der Waals surface area contributed by atoms with E-state index in [1.165, 1.54) is 0 Å². The van der Waals surface area contributed by atoms with E-state index in [4.69, 9.17) is 21.2 Å². The minimum absolute atomic E-state index is 0.331. The number of hydrogen-bond donors (Lipinski definition) is 0. The molecular weight excluding hydrogens is 496 g/mol. The number of ether oxygens (including phenoxy) is 1. The van der Waals surface area contributed by atoms with Crippen molar-refractivity contribution >= 4 is 50.7 Å². The van der Waals surface area contributed by atoms with Gasteiger partial charge in [-0.05, 0) is 57.9 Å². The molecule has 162 valence electrons. The lowest BCUT2D eigenvalue weighted by molar-refractivity contribution is -0.126. The highest BCUT2D eigenvalue weighted by Crippen LogP contribution is 2.49. The first-order chi connectivity index (χ1) is 15.5. The van der Waals surface area contributed by atoms with Gasteiger partial charge in [0.1, 0.15) is 11.7 Å². The summed E-state index contributed by atoms with van der Waals surface area (Å²) in [5, 5.41) is 1.99. The number of hydrogen-bond acceptors (Lipinski definition) is 5. The molecule has 2 aliphatic heterocycles. The summed E-state index contributed by atoms with van der Waals surface area (Å²) < 4.78 is 6.10. The van der Waals surface area contributed by atoms with Gasteiger partial charge >= 0.3 is 0 Å². The van der Waals surface area contributed by atoms with Crippen LogP contribution in [0, 0.1) is 5.92 Å². The first-order valence-corrected chi connectivity index (χ1v) is 11.1. The number of carbonyl (C=O) groups excluding carboxylic acids is 2. The number of para-hydroxylation sites is 2. The van der Waals surface area contributed by atoms with Crippen LogP contribution >= 0.6 is 27.5 Å². The van der Waals surface area contributed by atoms with Gasteiger partial charge in [0, 0.05) is 0 Å². The highest BCUT2D eigenvalue weighted by molar-refractivity contribution is 9.10. The second-order valence-electron chi connectivity index (χ2n) is 7.52. The Labute approximate surface area is 198 Å². The van der Waals surface area contributed by atoms with Crippen LogP contribution in [0.25, 0.3) is 0 Å². The SMILES string of the molecule is COc1ccc([C@@H]2[C@H]3C(=O)N(c4ccccc4Cl)C(=O)[C@H]3ON2c2ccccc2)cc1Br. The van der Waals surface area contributed by atoms with E-state index >= 15 is 0 Å². The van der Waals surface area contributed by atoms with Crippen LogP contribution in [0.1, 0.15) is 11.6 Å². The van der Waals surface area contributed by atoms with Gasteiger partial charge in [-0.3, -0.25) is 14.4 Å². The van der Waals surface area contributed by atoms with E-state index in [0.29, 0.717) is 16.5 Å². The van der Waals surface area contributed by atoms with Crippen molar-refractivity contribution in [1.82, 2.24) is 0 Å². The van der Waals surface area contributed by atoms with Crippen molar-refractivity contribution in [1.29, 1.82) is 0 Å². The van der Waals surface area contributed by atoms with Crippen molar-refractivity contribution in [3.63, 3.8) is 0 Å². The Morgan fingerprint density at radius 1 is 0.969 bits per heavy atom. The Hall–Kier alpha value is -2.87. The summed E-state index contributed by atoms with van der Waals surface area (Å²) >= 11 is 9.83. The van der Waals surface area contributed by atoms with Crippen LogP contribution in [0.5, 0.6) is 5.75 Å². The molecule has 0 aromatic heterocycles. The molecule has 2 saturated heterocycles. The summed E-state index contributed by atoms with van der Waals surface area (Å²) in [6.45, 7) is 0. The minimum atomic E-state index is -0.954. The lowest BCUT2D eigenvalue weighted by Gasteiger charge is -2.29. The normalized spacial score (nSPS) is 22.4. The molecule has 0 saturated carbocycles. The lowest BCUT2D eigenvalue weighted by Crippen LogP contribution is -2.37. The molecule has 32 heavy (non-hydrogen) atoms. The Morgan fingerprint density at radius 2 is 1.69 bits per heavy atom. The number of carbonyl (C=O) groups is 2. The molecule has 2 fully saturated rings. The fourth-order valence-electron chi connectivity index (χ4n) is 4.29. The van der Waals surface area contributed by atoms with Crippen LogP contribution in [0.2, 0.25) is 5.02 Å². The maximum atomic E-state index is 13.6. The Morgan fingerprint density at radius 3 is 2.38 bits per heavy atom. The summed E-state index contributed by atoms with van der Waals surface area (Å²) in [4.78, 5) is 34.2. The molecule has 2 heterocycles. The number of halogens is 2. The molecule has 2 aliphatic rings. The number of benzene rings is 3. The standard InChI is InChI=1S/C24H18BrClN2O4/c1-31-19-12-11-14(13-16(19)25)21-20-22(32-28(21)15-7-3-2-4-8-15)24(30)27(23(20)29)18-10-6-5-9-17(18)26/h2-13,20-22H,1H3/t20-,21-,22+/m1/s1. The Kier molecular flexibility index (Phi) is 5.41. The number of nitrogens with zero attached hydrogens (tertiary/aromatic N) is 2. The summed E-state index contributed by atoms with van der Waals surface area (Å²) in [6.07, 6.45) is -0.954. The topological polar surface area (TPSA) is 59.1 Å². The number of methoxy groups -OCH3 is 1. The van der Waals surface area contributed by atoms with Crippen molar-refractivity contribution in [2.75, 3.05) is 17.1 Å². The van der Waals surface area contributed by atoms with Crippen LogP contribution in [0.3, 0.4) is 0 Å². The van der Waals surface area contributed by atoms with Gasteiger partial charge in [-0.1, -0.05) is 48.0 Å². The number of hydroxylamine groups is 1. The van der Waals surface area contributed by atoms with Gasteiger partial charge in [-0.2, -0.15) is 0 Å². The number of rotatable bonds is 4. The highest BCUT2D eigenvalue weighted by atomic mass is 79.9. The largest absolute Gasteiger partial charge is 0.496 e. The third kappa shape index (κ3) is 3.28. The summed E-state index contributed by atoms with van der Waals surface area (Å²) in [6, 6.07) is 21.3. The third-order valence-corrected chi connectivity index (χ3v) is 6.68. The highest BCUT2D eigenvalue weighted by Gasteiger charge is 2.60. The van der Waals surface area contributed by atoms with Gasteiger partial charge in [-0.15, -0.1) is 0 Å². The number of imide groups is 1. The molecule has 8 heteroatoms. The second-order valence-corrected chi connectivity index (χ2v) is 8.78. The van der Waals surface area contributed by atoms with E-state index in [-0.39, 0.29) is 5.91 Å². The molecule has 0 spiro atoms. The fourth-order valence-corrected chi connectivity index (χ4v) is 5.07. The van der Waals surface area contributed by atoms with E-state index in [0.717, 1.165) is 20.6 Å². The van der Waals surface area contributed by atoms with E-state index in [1.807, 2.05) is 48.5 Å². The van der Waals surface area contributed by atoms with Gasteiger partial charge < -0.3 is 4.74 Å². The summed E-state index contributed by atoms with van der Waals surface area (Å²) in [5.74, 6) is -0.839. The number of fused-ring (bicyclic) bond motifs is 1. The molecule has 3 atom stereocenters. The van der Waals surface area contributed by atoms with Crippen molar-refractivity contribution in [2.45, 2.75) is 12.1 Å². The molecule has 0 N–H and O–H groups in total. The molecule has 3 aromatic carbocycles. The van der Waals surface area contributed by atoms with Crippen molar-refractivity contribution in [3.05, 3.63) is 87.9 Å². The average molecular weight is 514 g/mol. The monoisotopic (exact) mass is 512 g/mol. The minimum Gasteiger partial charge on any atom is -0.496 e. The van der Waals surface area contributed by atoms with Gasteiger partial charge in [0.25, 0.3) is 5.91 Å². The maximum absolute atomic E-state index is 13.6. The number of amides is 2. The Balaban J connectivity index is 1.61. The molecule has 2 amide bonds. The summed E-state index contributed by atoms with van der Waals surface area (Å²) in [5.41, 5.74) is 1.93. The van der Waals surface area contributed by atoms with Crippen molar-refractivity contribution in [2.24, 2.45) is 5.92 Å². The molecular formula is C24H18BrClN2O4. The Bertz CT molecular complexity index is 1210. The van der Waals surface area contributed by atoms with Crippen LogP contribution < -0.4 is 14.7 Å². The van der Waals surface area contributed by atoms with E-state index in [2.05, 4.69) is 15.9 Å². The van der Waals surface area contributed by atoms with E-state index in [9.17, 15) is 9.59 Å². The van der Waals surface area contributed by atoms with Crippen LogP contribution in [0.15, 0.2) is 77.3 Å². The van der Waals surface area contributed by atoms with Gasteiger partial charge in [-0.25, -0.2) is 9.96 Å². The summed E-state index contributed by atoms with van der Waals surface area (Å²) in [7, 11) is 1.59. The predicted molar refractivity (Wildman–Crippen MR) is 125 cm³/mol. The average Bonchev–Trinajstić information content (AvgIpc) is 3.31. The predicted octanol–water partition coefficient (Wildman–Crippen LogP) is 5.16. The van der Waals surface area contributed by atoms with Crippen LogP contribution in [0.4, 0.5) is 11.4 Å². The van der Waals surface area contributed by atoms with Crippen molar-refractivity contribution < 1.29 is 19.2 Å². The van der Waals surface area contributed by atoms with Crippen molar-refractivity contribution in [3.8, 4) is 5.75 Å². The molecule has 3 aromatic rings. The van der Waals surface area contributed by atoms with Gasteiger partial charge in [0.05, 0.1) is 34.0 Å². The van der Waals surface area contributed by atoms with Crippen LogP contribution in [-0.2, 0) is 14.4 Å². The molecule has 0 bridgehead atoms. The first-order valence-electron chi connectivity index (χ1n) is 9.98.